The molecular weight excluding hydrogens is 274 g/mol. The van der Waals surface area contributed by atoms with E-state index >= 15 is 0 Å². The summed E-state index contributed by atoms with van der Waals surface area (Å²) in [5.74, 6) is 0.358. The van der Waals surface area contributed by atoms with Crippen molar-refractivity contribution in [1.82, 2.24) is 0 Å². The number of aryl methyl sites for hydroxylation is 1. The molecule has 0 aliphatic rings. The minimum atomic E-state index is 0.0656. The molecule has 1 heterocycles. The highest BCUT2D eigenvalue weighted by molar-refractivity contribution is 7.97. The van der Waals surface area contributed by atoms with Crippen LogP contribution >= 0.6 is 24.0 Å². The van der Waals surface area contributed by atoms with E-state index in [0.29, 0.717) is 12.3 Å². The molecule has 5 heteroatoms. The van der Waals surface area contributed by atoms with Gasteiger partial charge < -0.3 is 0 Å². The van der Waals surface area contributed by atoms with Crippen molar-refractivity contribution in [2.45, 2.75) is 13.3 Å². The zero-order valence-corrected chi connectivity index (χ0v) is 12.3. The van der Waals surface area contributed by atoms with Crippen LogP contribution in [-0.4, -0.2) is 11.0 Å². The third kappa shape index (κ3) is 3.24. The molecule has 1 aromatic heterocycles. The molecule has 0 bridgehead atoms. The van der Waals surface area contributed by atoms with Gasteiger partial charge in [-0.3, -0.25) is 15.7 Å². The Hall–Kier alpha value is -1.59. The van der Waals surface area contributed by atoms with Crippen molar-refractivity contribution in [3.63, 3.8) is 0 Å². The van der Waals surface area contributed by atoms with Crippen LogP contribution in [-0.2, 0) is 6.42 Å². The topological polar surface area (TPSA) is 50.9 Å². The average molecular weight is 289 g/mol. The van der Waals surface area contributed by atoms with Crippen LogP contribution in [0.1, 0.15) is 10.4 Å². The second-order valence-electron chi connectivity index (χ2n) is 4.15. The average Bonchev–Trinajstić information content (AvgIpc) is 2.84. The number of benzene rings is 1. The lowest BCUT2D eigenvalue weighted by Gasteiger charge is -2.24. The van der Waals surface area contributed by atoms with Crippen LogP contribution in [0.2, 0.25) is 0 Å². The summed E-state index contributed by atoms with van der Waals surface area (Å²) >= 11 is 5.73. The number of para-hydroxylation sites is 1. The van der Waals surface area contributed by atoms with Crippen LogP contribution < -0.4 is 4.90 Å². The predicted octanol–water partition coefficient (Wildman–Crippen LogP) is 3.95. The van der Waals surface area contributed by atoms with E-state index < -0.39 is 0 Å². The van der Waals surface area contributed by atoms with E-state index in [1.165, 1.54) is 0 Å². The molecule has 0 saturated heterocycles. The molecule has 19 heavy (non-hydrogen) atoms. The minimum absolute atomic E-state index is 0.0656. The fourth-order valence-electron chi connectivity index (χ4n) is 1.86. The second kappa shape index (κ2) is 6.04. The molecule has 0 spiro atoms. The number of rotatable bonds is 3. The van der Waals surface area contributed by atoms with Gasteiger partial charge >= 0.3 is 0 Å². The Kier molecular flexibility index (Phi) is 4.39. The summed E-state index contributed by atoms with van der Waals surface area (Å²) < 4.78 is 0. The van der Waals surface area contributed by atoms with E-state index in [9.17, 15) is 0 Å². The number of thiol groups is 1. The summed E-state index contributed by atoms with van der Waals surface area (Å²) in [4.78, 5) is 2.68. The Labute approximate surface area is 122 Å². The van der Waals surface area contributed by atoms with Gasteiger partial charge in [0.15, 0.2) is 5.17 Å². The molecule has 0 aliphatic carbocycles. The van der Waals surface area contributed by atoms with Crippen molar-refractivity contribution in [2.75, 3.05) is 4.90 Å². The lowest BCUT2D eigenvalue weighted by Crippen LogP contribution is -2.34. The van der Waals surface area contributed by atoms with Crippen molar-refractivity contribution in [1.29, 1.82) is 10.8 Å². The highest BCUT2D eigenvalue weighted by atomic mass is 32.1. The van der Waals surface area contributed by atoms with Crippen LogP contribution in [0.3, 0.4) is 0 Å². The van der Waals surface area contributed by atoms with Gasteiger partial charge in [-0.05, 0) is 30.0 Å². The summed E-state index contributed by atoms with van der Waals surface area (Å²) in [5, 5.41) is 18.1. The molecule has 98 valence electrons. The monoisotopic (exact) mass is 289 g/mol. The molecule has 0 aliphatic heterocycles. The number of amidine groups is 2. The third-order valence-corrected chi connectivity index (χ3v) is 3.84. The van der Waals surface area contributed by atoms with E-state index in [4.69, 9.17) is 10.8 Å². The van der Waals surface area contributed by atoms with Crippen LogP contribution in [0.4, 0.5) is 5.69 Å². The first kappa shape index (κ1) is 13.8. The number of thiophene rings is 1. The van der Waals surface area contributed by atoms with Crippen molar-refractivity contribution < 1.29 is 0 Å². The highest BCUT2D eigenvalue weighted by Gasteiger charge is 2.17. The van der Waals surface area contributed by atoms with Gasteiger partial charge in [0, 0.05) is 11.3 Å². The van der Waals surface area contributed by atoms with Gasteiger partial charge in [-0.25, -0.2) is 0 Å². The van der Waals surface area contributed by atoms with Crippen LogP contribution in [0.15, 0.2) is 41.8 Å². The number of nitrogens with one attached hydrogen (secondary N) is 2. The van der Waals surface area contributed by atoms with Crippen molar-refractivity contribution in [2.24, 2.45) is 0 Å². The fourth-order valence-corrected chi connectivity index (χ4v) is 2.80. The normalized spacial score (nSPS) is 10.2. The Morgan fingerprint density at radius 1 is 1.21 bits per heavy atom. The maximum absolute atomic E-state index is 8.23. The smallest absolute Gasteiger partial charge is 0.163 e. The molecule has 2 aromatic rings. The minimum Gasteiger partial charge on any atom is -0.287 e. The van der Waals surface area contributed by atoms with Crippen molar-refractivity contribution in [3.05, 3.63) is 52.2 Å². The first-order chi connectivity index (χ1) is 9.09. The SMILES string of the molecule is Cc1ccccc1N(C(=N)S)C(=N)Cc1cccs1. The molecule has 0 amide bonds. The van der Waals surface area contributed by atoms with Gasteiger partial charge in [0.25, 0.3) is 0 Å². The Balaban J connectivity index is 2.28. The Morgan fingerprint density at radius 2 is 1.95 bits per heavy atom. The van der Waals surface area contributed by atoms with E-state index in [1.807, 2.05) is 48.7 Å². The molecular formula is C14H15N3S2. The van der Waals surface area contributed by atoms with Gasteiger partial charge in [-0.15, -0.1) is 24.0 Å². The molecule has 1 aromatic carbocycles. The van der Waals surface area contributed by atoms with E-state index in [2.05, 4.69) is 12.6 Å². The first-order valence-corrected chi connectivity index (χ1v) is 7.15. The summed E-state index contributed by atoms with van der Waals surface area (Å²) in [6, 6.07) is 11.7. The van der Waals surface area contributed by atoms with Gasteiger partial charge in [0.05, 0.1) is 5.69 Å². The number of anilines is 1. The van der Waals surface area contributed by atoms with Crippen LogP contribution in [0.25, 0.3) is 0 Å². The van der Waals surface area contributed by atoms with Gasteiger partial charge in [-0.1, -0.05) is 24.3 Å². The molecule has 0 saturated carbocycles. The van der Waals surface area contributed by atoms with Gasteiger partial charge in [0.1, 0.15) is 5.84 Å². The molecule has 2 rings (SSSR count). The Bertz CT molecular complexity index is 590. The van der Waals surface area contributed by atoms with E-state index in [0.717, 1.165) is 16.1 Å². The fraction of sp³-hybridized carbons (Fsp3) is 0.143. The van der Waals surface area contributed by atoms with Gasteiger partial charge in [-0.2, -0.15) is 0 Å². The number of hydrogen-bond acceptors (Lipinski definition) is 3. The summed E-state index contributed by atoms with van der Waals surface area (Å²) in [6.07, 6.45) is 0.509. The van der Waals surface area contributed by atoms with E-state index in [-0.39, 0.29) is 5.17 Å². The zero-order valence-electron chi connectivity index (χ0n) is 10.6. The molecule has 2 N–H and O–H groups in total. The standard InChI is InChI=1S/C14H15N3S2/c1-10-5-2-3-7-12(10)17(14(16)18)13(15)9-11-6-4-8-19-11/h2-8,15H,9H2,1H3,(H2,16,18). The predicted molar refractivity (Wildman–Crippen MR) is 86.1 cm³/mol. The number of nitrogens with zero attached hydrogens (tertiary/aromatic N) is 1. The van der Waals surface area contributed by atoms with Crippen molar-refractivity contribution >= 4 is 40.7 Å². The summed E-state index contributed by atoms with van der Waals surface area (Å²) in [7, 11) is 0. The quantitative estimate of drug-likeness (QED) is 0.447. The molecule has 0 fully saturated rings. The number of hydrogen-bond donors (Lipinski definition) is 3. The summed E-state index contributed by atoms with van der Waals surface area (Å²) in [5.41, 5.74) is 1.86. The van der Waals surface area contributed by atoms with Gasteiger partial charge in [0.2, 0.25) is 0 Å². The maximum Gasteiger partial charge on any atom is 0.163 e. The molecule has 0 atom stereocenters. The lowest BCUT2D eigenvalue weighted by molar-refractivity contribution is 1.22. The van der Waals surface area contributed by atoms with Crippen LogP contribution in [0, 0.1) is 17.7 Å². The van der Waals surface area contributed by atoms with Crippen LogP contribution in [0.5, 0.6) is 0 Å². The molecule has 3 nitrogen and oxygen atoms in total. The van der Waals surface area contributed by atoms with Crippen molar-refractivity contribution in [3.8, 4) is 0 Å². The van der Waals surface area contributed by atoms with E-state index in [1.54, 1.807) is 16.2 Å². The maximum atomic E-state index is 8.23. The lowest BCUT2D eigenvalue weighted by atomic mass is 10.1. The molecule has 0 radical (unpaired) electrons. The second-order valence-corrected chi connectivity index (χ2v) is 5.60. The highest BCUT2D eigenvalue weighted by Crippen LogP contribution is 2.22. The Morgan fingerprint density at radius 3 is 2.53 bits per heavy atom. The molecule has 0 unspecified atom stereocenters. The largest absolute Gasteiger partial charge is 0.287 e. The zero-order chi connectivity index (χ0) is 13.8. The summed E-state index contributed by atoms with van der Waals surface area (Å²) in [6.45, 7) is 1.97. The third-order valence-electron chi connectivity index (χ3n) is 2.76. The first-order valence-electron chi connectivity index (χ1n) is 5.82.